The molecule has 1 saturated heterocycles. The van der Waals surface area contributed by atoms with Gasteiger partial charge in [0.2, 0.25) is 0 Å². The predicted octanol–water partition coefficient (Wildman–Crippen LogP) is 6.10. The SMILES string of the molecule is C=CCOC(=O)N1C[C@@H](SC(=O)OC(C)(C)C)C[C@H]1CN(CC)c1ccc2ccccc2c1. The number of anilines is 1. The third kappa shape index (κ3) is 6.90. The number of carbonyl (C=O) groups excluding carboxylic acids is 2. The molecule has 0 N–H and O–H groups in total. The molecule has 7 heteroatoms. The topological polar surface area (TPSA) is 59.1 Å². The maximum atomic E-state index is 12.8. The van der Waals surface area contributed by atoms with Crippen molar-refractivity contribution in [2.45, 2.75) is 51.0 Å². The first-order chi connectivity index (χ1) is 15.7. The minimum absolute atomic E-state index is 0.0450. The van der Waals surface area contributed by atoms with Crippen LogP contribution in [0.25, 0.3) is 10.8 Å². The van der Waals surface area contributed by atoms with Crippen LogP contribution in [0, 0.1) is 0 Å². The van der Waals surface area contributed by atoms with Gasteiger partial charge in [-0.1, -0.05) is 43.0 Å². The van der Waals surface area contributed by atoms with Gasteiger partial charge in [-0.2, -0.15) is 0 Å². The number of hydrogen-bond donors (Lipinski definition) is 0. The number of likely N-dealkylation sites (N-methyl/N-ethyl adjacent to an activating group) is 1. The lowest BCUT2D eigenvalue weighted by Gasteiger charge is -2.31. The molecular formula is C26H34N2O4S. The van der Waals surface area contributed by atoms with Crippen LogP contribution in [0.15, 0.2) is 55.1 Å². The third-order valence-electron chi connectivity index (χ3n) is 5.50. The first-order valence-electron chi connectivity index (χ1n) is 11.4. The summed E-state index contributed by atoms with van der Waals surface area (Å²) in [6.45, 7) is 13.3. The van der Waals surface area contributed by atoms with Crippen LogP contribution in [0.5, 0.6) is 0 Å². The third-order valence-corrected chi connectivity index (χ3v) is 6.45. The summed E-state index contributed by atoms with van der Waals surface area (Å²) in [6, 6.07) is 14.6. The highest BCUT2D eigenvalue weighted by Gasteiger charge is 2.39. The number of hydrogen-bond acceptors (Lipinski definition) is 6. The van der Waals surface area contributed by atoms with Gasteiger partial charge >= 0.3 is 11.4 Å². The average molecular weight is 471 g/mol. The molecule has 2 aromatic carbocycles. The maximum Gasteiger partial charge on any atom is 0.410 e. The van der Waals surface area contributed by atoms with E-state index in [1.165, 1.54) is 22.5 Å². The molecule has 0 aliphatic carbocycles. The summed E-state index contributed by atoms with van der Waals surface area (Å²) in [4.78, 5) is 29.2. The molecule has 0 spiro atoms. The fraction of sp³-hybridized carbons (Fsp3) is 0.462. The Hall–Kier alpha value is -2.67. The van der Waals surface area contributed by atoms with Crippen molar-refractivity contribution in [3.63, 3.8) is 0 Å². The number of ether oxygens (including phenoxy) is 2. The fourth-order valence-corrected chi connectivity index (χ4v) is 5.15. The first-order valence-corrected chi connectivity index (χ1v) is 12.3. The lowest BCUT2D eigenvalue weighted by molar-refractivity contribution is 0.0736. The van der Waals surface area contributed by atoms with Gasteiger partial charge < -0.3 is 19.3 Å². The Morgan fingerprint density at radius 3 is 2.61 bits per heavy atom. The highest BCUT2D eigenvalue weighted by atomic mass is 32.2. The Labute approximate surface area is 200 Å². The molecular weight excluding hydrogens is 436 g/mol. The summed E-state index contributed by atoms with van der Waals surface area (Å²) in [5.41, 5.74) is 0.568. The highest BCUT2D eigenvalue weighted by Crippen LogP contribution is 2.32. The molecule has 0 saturated carbocycles. The van der Waals surface area contributed by atoms with E-state index in [0.717, 1.165) is 12.2 Å². The van der Waals surface area contributed by atoms with Gasteiger partial charge in [0.1, 0.15) is 12.2 Å². The van der Waals surface area contributed by atoms with Gasteiger partial charge in [0.25, 0.3) is 0 Å². The smallest absolute Gasteiger partial charge is 0.410 e. The van der Waals surface area contributed by atoms with Gasteiger partial charge in [0.05, 0.1) is 6.04 Å². The first kappa shape index (κ1) is 25.0. The Kier molecular flexibility index (Phi) is 8.30. The van der Waals surface area contributed by atoms with Crippen LogP contribution in [0.3, 0.4) is 0 Å². The molecule has 1 heterocycles. The summed E-state index contributed by atoms with van der Waals surface area (Å²) in [6.07, 6.45) is 1.88. The Balaban J connectivity index is 1.75. The number of carbonyl (C=O) groups is 2. The van der Waals surface area contributed by atoms with Crippen molar-refractivity contribution >= 4 is 39.6 Å². The van der Waals surface area contributed by atoms with Crippen molar-refractivity contribution in [2.75, 3.05) is 31.1 Å². The standard InChI is InChI=1S/C26H34N2O4S/c1-6-14-31-24(29)28-18-23(33-25(30)32-26(3,4)5)16-22(28)17-27(7-2)21-13-12-19-10-8-9-11-20(19)15-21/h6,8-13,15,22-23H,1,7,14,16-18H2,2-5H3/t22-,23-/m0/s1. The predicted molar refractivity (Wildman–Crippen MR) is 136 cm³/mol. The van der Waals surface area contributed by atoms with E-state index in [9.17, 15) is 9.59 Å². The number of thioether (sulfide) groups is 1. The van der Waals surface area contributed by atoms with Gasteiger partial charge in [-0.3, -0.25) is 0 Å². The van der Waals surface area contributed by atoms with Crippen molar-refractivity contribution in [1.29, 1.82) is 0 Å². The monoisotopic (exact) mass is 470 g/mol. The molecule has 6 nitrogen and oxygen atoms in total. The molecule has 1 fully saturated rings. The van der Waals surface area contributed by atoms with Crippen LogP contribution in [0.4, 0.5) is 15.3 Å². The number of amides is 1. The largest absolute Gasteiger partial charge is 0.452 e. The van der Waals surface area contributed by atoms with E-state index in [1.807, 2.05) is 32.9 Å². The van der Waals surface area contributed by atoms with Crippen LogP contribution in [0.2, 0.25) is 0 Å². The number of fused-ring (bicyclic) bond motifs is 1. The van der Waals surface area contributed by atoms with Gasteiger partial charge in [-0.25, -0.2) is 9.59 Å². The second-order valence-corrected chi connectivity index (χ2v) is 10.4. The van der Waals surface area contributed by atoms with Crippen molar-refractivity contribution in [3.05, 3.63) is 55.1 Å². The zero-order chi connectivity index (χ0) is 24.0. The van der Waals surface area contributed by atoms with E-state index in [2.05, 4.69) is 48.7 Å². The van der Waals surface area contributed by atoms with E-state index in [0.29, 0.717) is 19.5 Å². The molecule has 1 aliphatic heterocycles. The zero-order valence-electron chi connectivity index (χ0n) is 20.0. The maximum absolute atomic E-state index is 12.8. The van der Waals surface area contributed by atoms with Crippen LogP contribution >= 0.6 is 11.8 Å². The fourth-order valence-electron chi connectivity index (χ4n) is 4.02. The lowest BCUT2D eigenvalue weighted by Crippen LogP contribution is -2.43. The number of likely N-dealkylation sites (tertiary alicyclic amines) is 1. The van der Waals surface area contributed by atoms with Crippen LogP contribution < -0.4 is 4.90 Å². The van der Waals surface area contributed by atoms with Crippen molar-refractivity contribution in [3.8, 4) is 0 Å². The second kappa shape index (κ2) is 11.0. The normalized spacial score (nSPS) is 18.2. The second-order valence-electron chi connectivity index (χ2n) is 9.18. The molecule has 1 aliphatic rings. The summed E-state index contributed by atoms with van der Waals surface area (Å²) in [7, 11) is 0. The summed E-state index contributed by atoms with van der Waals surface area (Å²) in [5, 5.41) is 2.02. The minimum Gasteiger partial charge on any atom is -0.452 e. The quantitative estimate of drug-likeness (QED) is 0.360. The van der Waals surface area contributed by atoms with Crippen molar-refractivity contribution in [2.24, 2.45) is 0 Å². The number of nitrogens with zero attached hydrogens (tertiary/aromatic N) is 2. The lowest BCUT2D eigenvalue weighted by atomic mass is 10.1. The molecule has 0 aromatic heterocycles. The Morgan fingerprint density at radius 1 is 1.21 bits per heavy atom. The van der Waals surface area contributed by atoms with Gasteiger partial charge in [0.15, 0.2) is 0 Å². The molecule has 1 amide bonds. The zero-order valence-corrected chi connectivity index (χ0v) is 20.8. The van der Waals surface area contributed by atoms with Crippen LogP contribution in [-0.4, -0.2) is 59.4 Å². The summed E-state index contributed by atoms with van der Waals surface area (Å²) >= 11 is 1.17. The average Bonchev–Trinajstić information content (AvgIpc) is 3.16. The number of benzene rings is 2. The van der Waals surface area contributed by atoms with E-state index in [-0.39, 0.29) is 29.3 Å². The van der Waals surface area contributed by atoms with Gasteiger partial charge in [-0.15, -0.1) is 0 Å². The molecule has 2 atom stereocenters. The van der Waals surface area contributed by atoms with E-state index >= 15 is 0 Å². The minimum atomic E-state index is -0.542. The number of rotatable bonds is 7. The van der Waals surface area contributed by atoms with Crippen molar-refractivity contribution in [1.82, 2.24) is 4.90 Å². The summed E-state index contributed by atoms with van der Waals surface area (Å²) < 4.78 is 10.8. The molecule has 0 unspecified atom stereocenters. The molecule has 0 bridgehead atoms. The Bertz CT molecular complexity index is 988. The molecule has 33 heavy (non-hydrogen) atoms. The highest BCUT2D eigenvalue weighted by molar-refractivity contribution is 8.13. The van der Waals surface area contributed by atoms with Gasteiger partial charge in [-0.05, 0) is 68.8 Å². The van der Waals surface area contributed by atoms with Crippen LogP contribution in [-0.2, 0) is 9.47 Å². The Morgan fingerprint density at radius 2 is 1.94 bits per heavy atom. The van der Waals surface area contributed by atoms with Crippen molar-refractivity contribution < 1.29 is 19.1 Å². The molecule has 0 radical (unpaired) electrons. The van der Waals surface area contributed by atoms with E-state index < -0.39 is 5.60 Å². The van der Waals surface area contributed by atoms with Crippen LogP contribution in [0.1, 0.15) is 34.1 Å². The van der Waals surface area contributed by atoms with E-state index in [4.69, 9.17) is 9.47 Å². The van der Waals surface area contributed by atoms with Gasteiger partial charge in [0, 0.05) is 30.6 Å². The molecule has 178 valence electrons. The summed E-state index contributed by atoms with van der Waals surface area (Å²) in [5.74, 6) is 0. The molecule has 2 aromatic rings. The molecule has 3 rings (SSSR count). The van der Waals surface area contributed by atoms with E-state index in [1.54, 1.807) is 11.0 Å².